The normalized spacial score (nSPS) is 11.4. The maximum absolute atomic E-state index is 6.12. The summed E-state index contributed by atoms with van der Waals surface area (Å²) in [5.41, 5.74) is 2.69. The second kappa shape index (κ2) is 6.74. The minimum atomic E-state index is 0.560. The smallest absolute Gasteiger partial charge is 0.235 e. The van der Waals surface area contributed by atoms with Gasteiger partial charge in [-0.2, -0.15) is 9.61 Å². The summed E-state index contributed by atoms with van der Waals surface area (Å²) in [6.07, 6.45) is 0. The second-order valence-corrected chi connectivity index (χ2v) is 8.06. The average Bonchev–Trinajstić information content (AvgIpc) is 3.35. The molecule has 0 unspecified atom stereocenters. The first kappa shape index (κ1) is 17.4. The summed E-state index contributed by atoms with van der Waals surface area (Å²) < 4.78 is 7.72. The third kappa shape index (κ3) is 2.99. The van der Waals surface area contributed by atoms with Crippen molar-refractivity contribution in [2.24, 2.45) is 0 Å². The lowest BCUT2D eigenvalue weighted by Gasteiger charge is -1.99. The Bertz CT molecular complexity index is 1290. The third-order valence-electron chi connectivity index (χ3n) is 4.32. The van der Waals surface area contributed by atoms with Gasteiger partial charge >= 0.3 is 0 Å². The van der Waals surface area contributed by atoms with Crippen molar-refractivity contribution in [3.63, 3.8) is 0 Å². The van der Waals surface area contributed by atoms with Gasteiger partial charge in [-0.1, -0.05) is 64.9 Å². The maximum atomic E-state index is 6.12. The fourth-order valence-electron chi connectivity index (χ4n) is 3.03. The molecular formula is C20H12Cl2N4OS. The van der Waals surface area contributed by atoms with Gasteiger partial charge in [0.2, 0.25) is 4.96 Å². The molecule has 2 aromatic carbocycles. The highest BCUT2D eigenvalue weighted by molar-refractivity contribution is 7.19. The molecular weight excluding hydrogens is 415 g/mol. The Labute approximate surface area is 174 Å². The number of furan rings is 1. The fourth-order valence-corrected chi connectivity index (χ4v) is 4.46. The van der Waals surface area contributed by atoms with Gasteiger partial charge in [0.15, 0.2) is 10.8 Å². The van der Waals surface area contributed by atoms with Crippen LogP contribution in [0.4, 0.5) is 0 Å². The number of rotatable bonds is 3. The highest BCUT2D eigenvalue weighted by Gasteiger charge is 2.19. The summed E-state index contributed by atoms with van der Waals surface area (Å²) in [4.78, 5) is 0.724. The van der Waals surface area contributed by atoms with Crippen LogP contribution in [-0.2, 0) is 0 Å². The summed E-state index contributed by atoms with van der Waals surface area (Å²) in [5.74, 6) is 2.16. The van der Waals surface area contributed by atoms with Crippen LogP contribution in [0.2, 0.25) is 10.0 Å². The Morgan fingerprint density at radius 2 is 1.68 bits per heavy atom. The van der Waals surface area contributed by atoms with Gasteiger partial charge in [-0.15, -0.1) is 10.2 Å². The van der Waals surface area contributed by atoms with E-state index in [0.717, 1.165) is 32.4 Å². The van der Waals surface area contributed by atoms with E-state index in [4.69, 9.17) is 32.7 Å². The van der Waals surface area contributed by atoms with E-state index < -0.39 is 0 Å². The molecule has 3 heterocycles. The molecule has 138 valence electrons. The molecule has 0 aliphatic heterocycles. The van der Waals surface area contributed by atoms with Crippen LogP contribution >= 0.6 is 34.5 Å². The van der Waals surface area contributed by atoms with E-state index in [1.54, 1.807) is 10.6 Å². The number of benzene rings is 2. The van der Waals surface area contributed by atoms with Crippen molar-refractivity contribution in [2.75, 3.05) is 0 Å². The summed E-state index contributed by atoms with van der Waals surface area (Å²) in [6, 6.07) is 17.1. The van der Waals surface area contributed by atoms with Crippen LogP contribution in [0.1, 0.15) is 5.76 Å². The standard InChI is InChI=1S/C20H12Cl2N4OS/c1-11-16(10-17(27-11)13-7-14(21)9-15(22)8-13)19-25-26-18(23-24-20(26)28-19)12-5-3-2-4-6-12/h2-10H,1H3. The number of fused-ring (bicyclic) bond motifs is 1. The van der Waals surface area contributed by atoms with E-state index in [-0.39, 0.29) is 0 Å². The Morgan fingerprint density at radius 3 is 2.43 bits per heavy atom. The fraction of sp³-hybridized carbons (Fsp3) is 0.0500. The molecule has 5 nitrogen and oxygen atoms in total. The van der Waals surface area contributed by atoms with Crippen LogP contribution in [0, 0.1) is 6.92 Å². The molecule has 0 saturated heterocycles. The summed E-state index contributed by atoms with van der Waals surface area (Å²) in [5, 5.41) is 15.2. The quantitative estimate of drug-likeness (QED) is 0.335. The zero-order valence-electron chi connectivity index (χ0n) is 14.6. The van der Waals surface area contributed by atoms with Crippen molar-refractivity contribution < 1.29 is 4.42 Å². The molecule has 5 aromatic rings. The Morgan fingerprint density at radius 1 is 0.929 bits per heavy atom. The minimum absolute atomic E-state index is 0.560. The van der Waals surface area contributed by atoms with Crippen LogP contribution in [0.25, 0.3) is 38.2 Å². The highest BCUT2D eigenvalue weighted by Crippen LogP contribution is 2.36. The molecule has 0 spiro atoms. The first-order valence-electron chi connectivity index (χ1n) is 8.43. The van der Waals surface area contributed by atoms with Gasteiger partial charge in [-0.05, 0) is 31.2 Å². The Kier molecular flexibility index (Phi) is 4.19. The van der Waals surface area contributed by atoms with Crippen LogP contribution in [0.5, 0.6) is 0 Å². The van der Waals surface area contributed by atoms with Gasteiger partial charge in [-0.3, -0.25) is 0 Å². The predicted octanol–water partition coefficient (Wildman–Crippen LogP) is 6.40. The molecule has 0 saturated carbocycles. The van der Waals surface area contributed by atoms with Crippen molar-refractivity contribution >= 4 is 39.5 Å². The van der Waals surface area contributed by atoms with E-state index in [2.05, 4.69) is 10.2 Å². The summed E-state index contributed by atoms with van der Waals surface area (Å²) in [7, 11) is 0. The Balaban J connectivity index is 1.59. The average molecular weight is 427 g/mol. The number of nitrogens with zero attached hydrogens (tertiary/aromatic N) is 4. The second-order valence-electron chi connectivity index (χ2n) is 6.23. The van der Waals surface area contributed by atoms with Gasteiger partial charge in [0.05, 0.1) is 5.56 Å². The van der Waals surface area contributed by atoms with Crippen LogP contribution in [0.3, 0.4) is 0 Å². The molecule has 0 bridgehead atoms. The lowest BCUT2D eigenvalue weighted by molar-refractivity contribution is 0.549. The van der Waals surface area contributed by atoms with Crippen LogP contribution in [0.15, 0.2) is 59.0 Å². The summed E-state index contributed by atoms with van der Waals surface area (Å²) in [6.45, 7) is 1.91. The molecule has 0 amide bonds. The molecule has 0 radical (unpaired) electrons. The van der Waals surface area contributed by atoms with Crippen molar-refractivity contribution in [3.8, 4) is 33.3 Å². The molecule has 0 aliphatic carbocycles. The van der Waals surface area contributed by atoms with E-state index >= 15 is 0 Å². The maximum Gasteiger partial charge on any atom is 0.235 e. The van der Waals surface area contributed by atoms with Gasteiger partial charge in [0, 0.05) is 21.2 Å². The molecule has 8 heteroatoms. The van der Waals surface area contributed by atoms with Gasteiger partial charge in [0.25, 0.3) is 0 Å². The lowest BCUT2D eigenvalue weighted by Crippen LogP contribution is -1.90. The van der Waals surface area contributed by atoms with E-state index in [1.807, 2.05) is 55.5 Å². The predicted molar refractivity (Wildman–Crippen MR) is 112 cm³/mol. The van der Waals surface area contributed by atoms with E-state index in [9.17, 15) is 0 Å². The van der Waals surface area contributed by atoms with Crippen molar-refractivity contribution in [1.82, 2.24) is 19.8 Å². The zero-order valence-corrected chi connectivity index (χ0v) is 16.9. The molecule has 28 heavy (non-hydrogen) atoms. The van der Waals surface area contributed by atoms with Gasteiger partial charge < -0.3 is 4.42 Å². The SMILES string of the molecule is Cc1oc(-c2cc(Cl)cc(Cl)c2)cc1-c1nn2c(-c3ccccc3)nnc2s1. The lowest BCUT2D eigenvalue weighted by atomic mass is 10.1. The van der Waals surface area contributed by atoms with E-state index in [0.29, 0.717) is 21.6 Å². The number of halogens is 2. The Hall–Kier alpha value is -2.67. The number of aromatic nitrogens is 4. The molecule has 0 N–H and O–H groups in total. The molecule has 5 rings (SSSR count). The van der Waals surface area contributed by atoms with Gasteiger partial charge in [0.1, 0.15) is 11.5 Å². The van der Waals surface area contributed by atoms with Crippen molar-refractivity contribution in [3.05, 3.63) is 70.4 Å². The highest BCUT2D eigenvalue weighted by atomic mass is 35.5. The van der Waals surface area contributed by atoms with Crippen molar-refractivity contribution in [2.45, 2.75) is 6.92 Å². The molecule has 0 fully saturated rings. The van der Waals surface area contributed by atoms with Crippen LogP contribution in [-0.4, -0.2) is 19.8 Å². The molecule has 3 aromatic heterocycles. The molecule has 0 atom stereocenters. The largest absolute Gasteiger partial charge is 0.461 e. The molecule has 0 aliphatic rings. The van der Waals surface area contributed by atoms with Gasteiger partial charge in [-0.25, -0.2) is 0 Å². The zero-order chi connectivity index (χ0) is 19.3. The first-order chi connectivity index (χ1) is 13.6. The van der Waals surface area contributed by atoms with Crippen LogP contribution < -0.4 is 0 Å². The number of hydrogen-bond acceptors (Lipinski definition) is 5. The topological polar surface area (TPSA) is 56.2 Å². The number of aryl methyl sites for hydroxylation is 1. The summed E-state index contributed by atoms with van der Waals surface area (Å²) >= 11 is 13.7. The monoisotopic (exact) mass is 426 g/mol. The first-order valence-corrected chi connectivity index (χ1v) is 10.0. The minimum Gasteiger partial charge on any atom is -0.461 e. The van der Waals surface area contributed by atoms with Crippen molar-refractivity contribution in [1.29, 1.82) is 0 Å². The van der Waals surface area contributed by atoms with E-state index in [1.165, 1.54) is 11.3 Å². The number of hydrogen-bond donors (Lipinski definition) is 0. The third-order valence-corrected chi connectivity index (χ3v) is 5.69.